The lowest BCUT2D eigenvalue weighted by Crippen LogP contribution is -2.11. The van der Waals surface area contributed by atoms with Gasteiger partial charge < -0.3 is 10.2 Å². The number of hydrogen-bond donors (Lipinski definition) is 2. The molecule has 2 heteroatoms. The van der Waals surface area contributed by atoms with E-state index < -0.39 is 0 Å². The van der Waals surface area contributed by atoms with Crippen LogP contribution in [-0.2, 0) is 6.42 Å². The Hall–Kier alpha value is -1.96. The summed E-state index contributed by atoms with van der Waals surface area (Å²) in [5.74, 6) is 1.57. The number of allylic oxidation sites excluding steroid dienone is 2. The van der Waals surface area contributed by atoms with Gasteiger partial charge in [-0.05, 0) is 18.8 Å². The fraction of sp³-hybridized carbons (Fsp3) is 0.455. The van der Waals surface area contributed by atoms with Gasteiger partial charge in [0, 0.05) is 27.8 Å². The molecule has 0 aliphatic heterocycles. The molecular weight excluding hydrogens is 296 g/mol. The molecule has 2 atom stereocenters. The van der Waals surface area contributed by atoms with Gasteiger partial charge in [-0.3, -0.25) is 0 Å². The Morgan fingerprint density at radius 2 is 1.79 bits per heavy atom. The minimum atomic E-state index is 0.200. The van der Waals surface area contributed by atoms with Gasteiger partial charge >= 0.3 is 0 Å². The van der Waals surface area contributed by atoms with Gasteiger partial charge in [-0.15, -0.1) is 0 Å². The van der Waals surface area contributed by atoms with Crippen molar-refractivity contribution in [3.05, 3.63) is 47.5 Å². The normalized spacial score (nSPS) is 17.8. The molecule has 0 saturated carbocycles. The Balaban J connectivity index is 2.02. The van der Waals surface area contributed by atoms with E-state index in [-0.39, 0.29) is 5.92 Å². The molecule has 128 valence electrons. The monoisotopic (exact) mass is 324 g/mol. The maximum atomic E-state index is 10.9. The van der Waals surface area contributed by atoms with Crippen molar-refractivity contribution in [2.45, 2.75) is 58.3 Å². The first kappa shape index (κ1) is 16.9. The first-order valence-corrected chi connectivity index (χ1v) is 9.29. The fourth-order valence-corrected chi connectivity index (χ4v) is 4.06. The maximum Gasteiger partial charge on any atom is 0.127 e. The van der Waals surface area contributed by atoms with Crippen LogP contribution in [-0.4, -0.2) is 10.2 Å². The van der Waals surface area contributed by atoms with E-state index >= 15 is 0 Å². The first-order valence-electron chi connectivity index (χ1n) is 9.29. The Bertz CT molecular complexity index is 745. The zero-order valence-corrected chi connectivity index (χ0v) is 14.8. The topological polar surface area (TPSA) is 40.5 Å². The minimum absolute atomic E-state index is 0.200. The molecule has 0 radical (unpaired) electrons. The summed E-state index contributed by atoms with van der Waals surface area (Å²) >= 11 is 0. The van der Waals surface area contributed by atoms with Crippen LogP contribution in [0, 0.1) is 5.92 Å². The number of hydrogen-bond acceptors (Lipinski definition) is 2. The first-order chi connectivity index (χ1) is 11.7. The summed E-state index contributed by atoms with van der Waals surface area (Å²) in [5, 5.41) is 23.1. The van der Waals surface area contributed by atoms with E-state index in [9.17, 15) is 10.2 Å². The highest BCUT2D eigenvalue weighted by Gasteiger charge is 2.27. The molecule has 2 nitrogen and oxygen atoms in total. The Labute approximate surface area is 144 Å². The second kappa shape index (κ2) is 7.29. The lowest BCUT2D eigenvalue weighted by Gasteiger charge is -2.27. The zero-order valence-electron chi connectivity index (χ0n) is 14.8. The minimum Gasteiger partial charge on any atom is -0.507 e. The van der Waals surface area contributed by atoms with Crippen molar-refractivity contribution in [1.82, 2.24) is 0 Å². The van der Waals surface area contributed by atoms with Crippen LogP contribution in [0.1, 0.15) is 63.0 Å². The molecule has 0 spiro atoms. The average molecular weight is 324 g/mol. The average Bonchev–Trinajstić information content (AvgIpc) is 2.63. The number of aromatic hydroxyl groups is 2. The van der Waals surface area contributed by atoms with Gasteiger partial charge in [0.15, 0.2) is 0 Å². The van der Waals surface area contributed by atoms with Crippen LogP contribution in [0.3, 0.4) is 0 Å². The molecule has 2 unspecified atom stereocenters. The van der Waals surface area contributed by atoms with E-state index in [1.807, 2.05) is 24.3 Å². The number of unbranched alkanes of at least 4 members (excludes halogenated alkanes) is 1. The van der Waals surface area contributed by atoms with E-state index in [2.05, 4.69) is 26.0 Å². The van der Waals surface area contributed by atoms with Crippen LogP contribution >= 0.6 is 0 Å². The van der Waals surface area contributed by atoms with E-state index in [4.69, 9.17) is 0 Å². The summed E-state index contributed by atoms with van der Waals surface area (Å²) in [4.78, 5) is 0. The second-order valence-corrected chi connectivity index (χ2v) is 7.03. The molecule has 1 aliphatic carbocycles. The molecule has 0 bridgehead atoms. The van der Waals surface area contributed by atoms with Crippen molar-refractivity contribution in [2.75, 3.05) is 0 Å². The Morgan fingerprint density at radius 1 is 1.08 bits per heavy atom. The van der Waals surface area contributed by atoms with E-state index in [0.29, 0.717) is 23.8 Å². The van der Waals surface area contributed by atoms with Gasteiger partial charge in [0.2, 0.25) is 0 Å². The molecule has 0 aromatic heterocycles. The van der Waals surface area contributed by atoms with E-state index in [1.54, 1.807) is 0 Å². The quantitative estimate of drug-likeness (QED) is 0.501. The van der Waals surface area contributed by atoms with E-state index in [0.717, 1.165) is 28.3 Å². The van der Waals surface area contributed by atoms with Crippen LogP contribution in [0.5, 0.6) is 11.5 Å². The van der Waals surface area contributed by atoms with Gasteiger partial charge in [-0.2, -0.15) is 0 Å². The van der Waals surface area contributed by atoms with Crippen LogP contribution < -0.4 is 0 Å². The summed E-state index contributed by atoms with van der Waals surface area (Å²) in [5.41, 5.74) is 1.85. The third-order valence-corrected chi connectivity index (χ3v) is 5.50. The van der Waals surface area contributed by atoms with Crippen molar-refractivity contribution >= 4 is 10.8 Å². The van der Waals surface area contributed by atoms with Crippen LogP contribution in [0.4, 0.5) is 0 Å². The molecule has 2 aromatic rings. The van der Waals surface area contributed by atoms with Crippen molar-refractivity contribution in [2.24, 2.45) is 5.92 Å². The molecule has 2 aromatic carbocycles. The SMILES string of the molecule is CCCCC(CC)CC1C=CCc2c1c(O)c1ccccc1c2O. The molecule has 3 rings (SSSR count). The molecular formula is C22H28O2. The molecule has 1 aliphatic rings. The molecule has 0 fully saturated rings. The van der Waals surface area contributed by atoms with Crippen molar-refractivity contribution in [1.29, 1.82) is 0 Å². The number of phenolic OH excluding ortho intramolecular Hbond substituents is 2. The predicted octanol–water partition coefficient (Wildman–Crippen LogP) is 6.05. The third-order valence-electron chi connectivity index (χ3n) is 5.50. The summed E-state index contributed by atoms with van der Waals surface area (Å²) in [6.07, 6.45) is 11.0. The summed E-state index contributed by atoms with van der Waals surface area (Å²) in [6.45, 7) is 4.49. The van der Waals surface area contributed by atoms with Crippen molar-refractivity contribution < 1.29 is 10.2 Å². The second-order valence-electron chi connectivity index (χ2n) is 7.03. The lowest BCUT2D eigenvalue weighted by atomic mass is 9.78. The van der Waals surface area contributed by atoms with Crippen LogP contribution in [0.2, 0.25) is 0 Å². The summed E-state index contributed by atoms with van der Waals surface area (Å²) in [7, 11) is 0. The largest absolute Gasteiger partial charge is 0.507 e. The predicted molar refractivity (Wildman–Crippen MR) is 101 cm³/mol. The van der Waals surface area contributed by atoms with Crippen molar-refractivity contribution in [3.8, 4) is 11.5 Å². The number of rotatable bonds is 6. The number of fused-ring (bicyclic) bond motifs is 2. The zero-order chi connectivity index (χ0) is 17.1. The number of phenols is 2. The van der Waals surface area contributed by atoms with Gasteiger partial charge in [0.05, 0.1) is 0 Å². The maximum absolute atomic E-state index is 10.9. The molecule has 0 amide bonds. The highest BCUT2D eigenvalue weighted by Crippen LogP contribution is 2.47. The van der Waals surface area contributed by atoms with Crippen LogP contribution in [0.15, 0.2) is 36.4 Å². The summed E-state index contributed by atoms with van der Waals surface area (Å²) in [6, 6.07) is 7.60. The standard InChI is InChI=1S/C22H28O2/c1-3-5-9-15(4-2)14-16-10-8-13-19-20(16)22(24)18-12-7-6-11-17(18)21(19)23/h6-8,10-12,15-16,23-24H,3-5,9,13-14H2,1-2H3. The Morgan fingerprint density at radius 3 is 2.46 bits per heavy atom. The van der Waals surface area contributed by atoms with Gasteiger partial charge in [0.25, 0.3) is 0 Å². The van der Waals surface area contributed by atoms with Gasteiger partial charge in [-0.25, -0.2) is 0 Å². The lowest BCUT2D eigenvalue weighted by molar-refractivity contribution is 0.394. The Kier molecular flexibility index (Phi) is 5.13. The van der Waals surface area contributed by atoms with Gasteiger partial charge in [-0.1, -0.05) is 75.9 Å². The molecule has 0 saturated heterocycles. The smallest absolute Gasteiger partial charge is 0.127 e. The number of benzene rings is 2. The molecule has 2 N–H and O–H groups in total. The van der Waals surface area contributed by atoms with Crippen molar-refractivity contribution in [3.63, 3.8) is 0 Å². The molecule has 24 heavy (non-hydrogen) atoms. The van der Waals surface area contributed by atoms with Gasteiger partial charge in [0.1, 0.15) is 11.5 Å². The fourth-order valence-electron chi connectivity index (χ4n) is 4.06. The summed E-state index contributed by atoms with van der Waals surface area (Å²) < 4.78 is 0. The van der Waals surface area contributed by atoms with Crippen LogP contribution in [0.25, 0.3) is 10.8 Å². The van der Waals surface area contributed by atoms with E-state index in [1.165, 1.54) is 25.7 Å². The third kappa shape index (κ3) is 3.02. The highest BCUT2D eigenvalue weighted by atomic mass is 16.3. The highest BCUT2D eigenvalue weighted by molar-refractivity contribution is 5.96. The molecule has 0 heterocycles.